The van der Waals surface area contributed by atoms with E-state index in [1.54, 1.807) is 11.1 Å². The van der Waals surface area contributed by atoms with Gasteiger partial charge in [-0.05, 0) is 66.8 Å². The highest BCUT2D eigenvalue weighted by Crippen LogP contribution is 2.32. The molecule has 10 heteroatoms. The molecule has 0 bridgehead atoms. The summed E-state index contributed by atoms with van der Waals surface area (Å²) in [5.41, 5.74) is 1.07. The zero-order valence-electron chi connectivity index (χ0n) is 20.0. The minimum Gasteiger partial charge on any atom is -0.353 e. The molecule has 3 aromatic rings. The summed E-state index contributed by atoms with van der Waals surface area (Å²) in [4.78, 5) is 29.0. The van der Waals surface area contributed by atoms with Gasteiger partial charge in [0, 0.05) is 43.6 Å². The first-order chi connectivity index (χ1) is 17.8. The number of hydrogen-bond donors (Lipinski definition) is 1. The van der Waals surface area contributed by atoms with E-state index < -0.39 is 11.7 Å². The van der Waals surface area contributed by atoms with Crippen LogP contribution < -0.4 is 10.2 Å². The van der Waals surface area contributed by atoms with Crippen LogP contribution in [-0.4, -0.2) is 53.1 Å². The van der Waals surface area contributed by atoms with Gasteiger partial charge in [0.15, 0.2) is 5.82 Å². The summed E-state index contributed by atoms with van der Waals surface area (Å²) in [6.07, 6.45) is -1.43. The van der Waals surface area contributed by atoms with Crippen LogP contribution in [0, 0.1) is 5.92 Å². The molecule has 37 heavy (non-hydrogen) atoms. The predicted molar refractivity (Wildman–Crippen MR) is 132 cm³/mol. The number of nitrogens with one attached hydrogen (secondary N) is 1. The molecule has 0 unspecified atom stereocenters. The van der Waals surface area contributed by atoms with E-state index >= 15 is 0 Å². The van der Waals surface area contributed by atoms with Gasteiger partial charge >= 0.3 is 6.18 Å². The summed E-state index contributed by atoms with van der Waals surface area (Å²) in [5, 5.41) is 10.9. The monoisotopic (exact) mass is 509 g/mol. The van der Waals surface area contributed by atoms with E-state index in [4.69, 9.17) is 0 Å². The number of likely N-dealkylation sites (tertiary alicyclic amines) is 1. The third kappa shape index (κ3) is 5.58. The second-order valence-electron chi connectivity index (χ2n) is 9.44. The van der Waals surface area contributed by atoms with E-state index in [1.807, 2.05) is 41.3 Å². The molecular formula is C27H26F3N5O2. The number of alkyl halides is 3. The number of benzene rings is 2. The highest BCUT2D eigenvalue weighted by atomic mass is 19.4. The summed E-state index contributed by atoms with van der Waals surface area (Å²) in [6.45, 7) is 2.14. The van der Waals surface area contributed by atoms with Crippen LogP contribution in [0.15, 0.2) is 66.9 Å². The van der Waals surface area contributed by atoms with Crippen molar-refractivity contribution >= 4 is 23.3 Å². The van der Waals surface area contributed by atoms with Crippen molar-refractivity contribution in [3.8, 4) is 0 Å². The zero-order chi connectivity index (χ0) is 26.0. The fourth-order valence-corrected chi connectivity index (χ4v) is 4.80. The Hall–Kier alpha value is -3.95. The number of piperidine rings is 1. The number of rotatable bonds is 5. The number of halogens is 3. The van der Waals surface area contributed by atoms with E-state index in [1.165, 1.54) is 12.1 Å². The van der Waals surface area contributed by atoms with Gasteiger partial charge in [-0.15, -0.1) is 5.10 Å². The number of carbonyl (C=O) groups excluding carboxylic acids is 2. The average Bonchev–Trinajstić information content (AvgIpc) is 2.88. The van der Waals surface area contributed by atoms with E-state index in [2.05, 4.69) is 15.5 Å². The summed E-state index contributed by atoms with van der Waals surface area (Å²) < 4.78 is 39.0. The van der Waals surface area contributed by atoms with Crippen molar-refractivity contribution in [2.45, 2.75) is 24.9 Å². The number of aromatic nitrogens is 2. The molecule has 2 aliphatic rings. The molecule has 0 aliphatic carbocycles. The topological polar surface area (TPSA) is 78.4 Å². The van der Waals surface area contributed by atoms with Crippen LogP contribution in [0.3, 0.4) is 0 Å². The van der Waals surface area contributed by atoms with Gasteiger partial charge in [-0.2, -0.15) is 18.3 Å². The maximum absolute atomic E-state index is 13.0. The van der Waals surface area contributed by atoms with Crippen LogP contribution in [0.2, 0.25) is 0 Å². The Bertz CT molecular complexity index is 1250. The number of hydrogen-bond acceptors (Lipinski definition) is 5. The van der Waals surface area contributed by atoms with Gasteiger partial charge in [-0.25, -0.2) is 0 Å². The molecule has 3 heterocycles. The summed E-state index contributed by atoms with van der Waals surface area (Å²) in [7, 11) is 0. The molecule has 1 aromatic heterocycles. The van der Waals surface area contributed by atoms with Gasteiger partial charge in [0.2, 0.25) is 5.91 Å². The molecule has 7 nitrogen and oxygen atoms in total. The van der Waals surface area contributed by atoms with Crippen LogP contribution in [0.5, 0.6) is 0 Å². The Labute approximate surface area is 212 Å². The second kappa shape index (κ2) is 10.2. The lowest BCUT2D eigenvalue weighted by molar-refractivity contribution is -0.137. The standard InChI is InChI=1S/C27H26F3N5O2/c28-27(29,30)22-4-1-3-20(15-22)26(37)34-13-10-19(11-14-34)18-6-8-23(9-7-18)32-25(36)21-16-35(17-21)24-5-2-12-31-33-24/h1-9,12,15,19,21H,10-11,13-14,16-17H2,(H,32,36). The van der Waals surface area contributed by atoms with E-state index in [0.717, 1.165) is 42.0 Å². The Morgan fingerprint density at radius 3 is 2.32 bits per heavy atom. The fourth-order valence-electron chi connectivity index (χ4n) is 4.80. The molecule has 0 radical (unpaired) electrons. The fraction of sp³-hybridized carbons (Fsp3) is 0.333. The molecule has 0 atom stereocenters. The number of carbonyl (C=O) groups is 2. The quantitative estimate of drug-likeness (QED) is 0.545. The molecule has 0 spiro atoms. The first-order valence-corrected chi connectivity index (χ1v) is 12.2. The van der Waals surface area contributed by atoms with Crippen molar-refractivity contribution in [3.63, 3.8) is 0 Å². The molecule has 2 fully saturated rings. The van der Waals surface area contributed by atoms with Gasteiger partial charge in [-0.1, -0.05) is 18.2 Å². The lowest BCUT2D eigenvalue weighted by atomic mass is 9.89. The Kier molecular flexibility index (Phi) is 6.82. The van der Waals surface area contributed by atoms with Crippen LogP contribution >= 0.6 is 0 Å². The molecule has 2 aliphatic heterocycles. The molecule has 2 aromatic carbocycles. The first kappa shape index (κ1) is 24.7. The maximum atomic E-state index is 13.0. The highest BCUT2D eigenvalue weighted by molar-refractivity contribution is 5.95. The Morgan fingerprint density at radius 1 is 0.946 bits per heavy atom. The largest absolute Gasteiger partial charge is 0.416 e. The maximum Gasteiger partial charge on any atom is 0.416 e. The van der Waals surface area contributed by atoms with E-state index in [0.29, 0.717) is 26.2 Å². The van der Waals surface area contributed by atoms with Gasteiger partial charge in [0.05, 0.1) is 11.5 Å². The molecule has 192 valence electrons. The summed E-state index contributed by atoms with van der Waals surface area (Å²) in [5.74, 6) is 0.479. The minimum absolute atomic E-state index is 0.0331. The van der Waals surface area contributed by atoms with Gasteiger partial charge < -0.3 is 15.1 Å². The van der Waals surface area contributed by atoms with Crippen molar-refractivity contribution in [2.24, 2.45) is 5.92 Å². The SMILES string of the molecule is O=C(Nc1ccc(C2CCN(C(=O)c3cccc(C(F)(F)F)c3)CC2)cc1)C1CN(c2cccnn2)C1. The lowest BCUT2D eigenvalue weighted by Crippen LogP contribution is -2.52. The second-order valence-corrected chi connectivity index (χ2v) is 9.44. The van der Waals surface area contributed by atoms with E-state index in [-0.39, 0.29) is 29.2 Å². The third-order valence-corrected chi connectivity index (χ3v) is 7.00. The lowest BCUT2D eigenvalue weighted by Gasteiger charge is -2.38. The number of nitrogens with zero attached hydrogens (tertiary/aromatic N) is 4. The van der Waals surface area contributed by atoms with Crippen molar-refractivity contribution in [3.05, 3.63) is 83.6 Å². The van der Waals surface area contributed by atoms with Crippen LogP contribution in [-0.2, 0) is 11.0 Å². The summed E-state index contributed by atoms with van der Waals surface area (Å²) >= 11 is 0. The Balaban J connectivity index is 1.11. The highest BCUT2D eigenvalue weighted by Gasteiger charge is 2.34. The van der Waals surface area contributed by atoms with Crippen molar-refractivity contribution in [1.82, 2.24) is 15.1 Å². The van der Waals surface area contributed by atoms with Gasteiger partial charge in [-0.3, -0.25) is 9.59 Å². The van der Waals surface area contributed by atoms with Crippen LogP contribution in [0.4, 0.5) is 24.7 Å². The van der Waals surface area contributed by atoms with Crippen molar-refractivity contribution in [2.75, 3.05) is 36.4 Å². The van der Waals surface area contributed by atoms with Gasteiger partial charge in [0.25, 0.3) is 5.91 Å². The average molecular weight is 510 g/mol. The van der Waals surface area contributed by atoms with Crippen molar-refractivity contribution in [1.29, 1.82) is 0 Å². The molecule has 1 N–H and O–H groups in total. The smallest absolute Gasteiger partial charge is 0.353 e. The zero-order valence-corrected chi connectivity index (χ0v) is 20.0. The molecule has 2 amide bonds. The Morgan fingerprint density at radius 2 is 1.68 bits per heavy atom. The molecule has 2 saturated heterocycles. The third-order valence-electron chi connectivity index (χ3n) is 7.00. The minimum atomic E-state index is -4.48. The molecule has 5 rings (SSSR count). The number of anilines is 2. The molecular weight excluding hydrogens is 483 g/mol. The predicted octanol–water partition coefficient (Wildman–Crippen LogP) is 4.59. The summed E-state index contributed by atoms with van der Waals surface area (Å²) in [6, 6.07) is 16.0. The van der Waals surface area contributed by atoms with Crippen molar-refractivity contribution < 1.29 is 22.8 Å². The van der Waals surface area contributed by atoms with Crippen LogP contribution in [0.1, 0.15) is 40.2 Å². The number of amides is 2. The first-order valence-electron chi connectivity index (χ1n) is 12.2. The molecule has 0 saturated carbocycles. The van der Waals surface area contributed by atoms with Crippen LogP contribution in [0.25, 0.3) is 0 Å². The van der Waals surface area contributed by atoms with Gasteiger partial charge in [0.1, 0.15) is 0 Å². The normalized spacial score (nSPS) is 16.8. The van der Waals surface area contributed by atoms with E-state index in [9.17, 15) is 22.8 Å².